The zero-order valence-corrected chi connectivity index (χ0v) is 5.76. The molecule has 0 heterocycles. The van der Waals surface area contributed by atoms with E-state index in [1.54, 1.807) is 0 Å². The third-order valence-electron chi connectivity index (χ3n) is 0.668. The predicted octanol–water partition coefficient (Wildman–Crippen LogP) is -0.177. The zero-order valence-electron chi connectivity index (χ0n) is 5.76. The van der Waals surface area contributed by atoms with Gasteiger partial charge in [-0.25, -0.2) is 0 Å². The summed E-state index contributed by atoms with van der Waals surface area (Å²) in [6.45, 7) is 6.28. The van der Waals surface area contributed by atoms with Crippen LogP contribution in [0.1, 0.15) is 6.92 Å². The first-order valence-corrected chi connectivity index (χ1v) is 2.89. The standard InChI is InChI=1S/C6H14N2O/c1-5(7)3-9-4-6(2)8/h6H,1,3-4,7-8H2,2H3. The Balaban J connectivity index is 3.01. The second-order valence-electron chi connectivity index (χ2n) is 2.15. The monoisotopic (exact) mass is 130 g/mol. The highest BCUT2D eigenvalue weighted by Gasteiger charge is 1.92. The van der Waals surface area contributed by atoms with Crippen LogP contribution in [0.3, 0.4) is 0 Å². The van der Waals surface area contributed by atoms with Crippen molar-refractivity contribution in [1.29, 1.82) is 0 Å². The third-order valence-corrected chi connectivity index (χ3v) is 0.668. The summed E-state index contributed by atoms with van der Waals surface area (Å²) in [5.41, 5.74) is 11.1. The van der Waals surface area contributed by atoms with Gasteiger partial charge in [0.2, 0.25) is 0 Å². The van der Waals surface area contributed by atoms with Crippen LogP contribution >= 0.6 is 0 Å². The molecule has 0 radical (unpaired) electrons. The van der Waals surface area contributed by atoms with Gasteiger partial charge in [0.05, 0.1) is 13.2 Å². The number of hydrogen-bond acceptors (Lipinski definition) is 3. The van der Waals surface area contributed by atoms with E-state index in [1.807, 2.05) is 6.92 Å². The molecule has 0 rings (SSSR count). The van der Waals surface area contributed by atoms with Gasteiger partial charge in [0.15, 0.2) is 0 Å². The second-order valence-corrected chi connectivity index (χ2v) is 2.15. The summed E-state index contributed by atoms with van der Waals surface area (Å²) in [7, 11) is 0. The van der Waals surface area contributed by atoms with E-state index >= 15 is 0 Å². The first kappa shape index (κ1) is 8.46. The Bertz CT molecular complexity index is 91.1. The third kappa shape index (κ3) is 7.46. The molecule has 0 amide bonds. The van der Waals surface area contributed by atoms with Gasteiger partial charge in [-0.3, -0.25) is 0 Å². The van der Waals surface area contributed by atoms with Crippen molar-refractivity contribution in [2.24, 2.45) is 11.5 Å². The number of rotatable bonds is 4. The van der Waals surface area contributed by atoms with Gasteiger partial charge in [0, 0.05) is 11.7 Å². The Morgan fingerprint density at radius 2 is 2.33 bits per heavy atom. The van der Waals surface area contributed by atoms with Crippen molar-refractivity contribution in [3.8, 4) is 0 Å². The molecule has 4 N–H and O–H groups in total. The van der Waals surface area contributed by atoms with Crippen molar-refractivity contribution in [2.75, 3.05) is 13.2 Å². The minimum Gasteiger partial charge on any atom is -0.401 e. The summed E-state index contributed by atoms with van der Waals surface area (Å²) >= 11 is 0. The molecule has 0 aliphatic heterocycles. The highest BCUT2D eigenvalue weighted by atomic mass is 16.5. The average molecular weight is 130 g/mol. The molecule has 0 aliphatic rings. The summed E-state index contributed by atoms with van der Waals surface area (Å²) in [6, 6.07) is 0.0735. The summed E-state index contributed by atoms with van der Waals surface area (Å²) in [6.07, 6.45) is 0. The maximum Gasteiger partial charge on any atom is 0.0855 e. The van der Waals surface area contributed by atoms with Gasteiger partial charge in [-0.15, -0.1) is 0 Å². The summed E-state index contributed by atoms with van der Waals surface area (Å²) < 4.78 is 5.01. The molecule has 9 heavy (non-hydrogen) atoms. The van der Waals surface area contributed by atoms with Crippen molar-refractivity contribution in [3.63, 3.8) is 0 Å². The van der Waals surface area contributed by atoms with Crippen LogP contribution in [0.25, 0.3) is 0 Å². The minimum atomic E-state index is 0.0735. The molecule has 0 aromatic heterocycles. The van der Waals surface area contributed by atoms with Crippen molar-refractivity contribution in [1.82, 2.24) is 0 Å². The maximum atomic E-state index is 5.38. The lowest BCUT2D eigenvalue weighted by molar-refractivity contribution is 0.145. The molecule has 1 unspecified atom stereocenters. The Labute approximate surface area is 55.7 Å². The van der Waals surface area contributed by atoms with Gasteiger partial charge in [-0.2, -0.15) is 0 Å². The SMILES string of the molecule is C=C(N)COCC(C)N. The van der Waals surface area contributed by atoms with Gasteiger partial charge < -0.3 is 16.2 Å². The minimum absolute atomic E-state index is 0.0735. The summed E-state index contributed by atoms with van der Waals surface area (Å²) in [5.74, 6) is 0. The molecule has 0 saturated carbocycles. The lowest BCUT2D eigenvalue weighted by atomic mass is 10.4. The summed E-state index contributed by atoms with van der Waals surface area (Å²) in [4.78, 5) is 0. The summed E-state index contributed by atoms with van der Waals surface area (Å²) in [5, 5.41) is 0. The van der Waals surface area contributed by atoms with Crippen LogP contribution in [0.15, 0.2) is 12.3 Å². The molecule has 0 aliphatic carbocycles. The molecule has 0 aromatic rings. The quantitative estimate of drug-likeness (QED) is 0.555. The van der Waals surface area contributed by atoms with E-state index in [0.717, 1.165) is 0 Å². The van der Waals surface area contributed by atoms with Crippen LogP contribution in [-0.2, 0) is 4.74 Å². The van der Waals surface area contributed by atoms with Crippen LogP contribution in [0.2, 0.25) is 0 Å². The molecule has 1 atom stereocenters. The predicted molar refractivity (Wildman–Crippen MR) is 37.8 cm³/mol. The van der Waals surface area contributed by atoms with Crippen molar-refractivity contribution in [3.05, 3.63) is 12.3 Å². The van der Waals surface area contributed by atoms with Crippen LogP contribution < -0.4 is 11.5 Å². The fraction of sp³-hybridized carbons (Fsp3) is 0.667. The van der Waals surface area contributed by atoms with Crippen LogP contribution in [0, 0.1) is 0 Å². The molecular formula is C6H14N2O. The van der Waals surface area contributed by atoms with Crippen molar-refractivity contribution >= 4 is 0 Å². The highest BCUT2D eigenvalue weighted by molar-refractivity contribution is 4.85. The molecule has 3 nitrogen and oxygen atoms in total. The molecule has 0 bridgehead atoms. The highest BCUT2D eigenvalue weighted by Crippen LogP contribution is 1.82. The van der Waals surface area contributed by atoms with Crippen LogP contribution in [0.5, 0.6) is 0 Å². The van der Waals surface area contributed by atoms with Crippen molar-refractivity contribution in [2.45, 2.75) is 13.0 Å². The smallest absolute Gasteiger partial charge is 0.0855 e. The lowest BCUT2D eigenvalue weighted by Gasteiger charge is -2.05. The lowest BCUT2D eigenvalue weighted by Crippen LogP contribution is -2.23. The van der Waals surface area contributed by atoms with E-state index < -0.39 is 0 Å². The number of nitrogens with two attached hydrogens (primary N) is 2. The molecule has 0 fully saturated rings. The Hall–Kier alpha value is -0.540. The molecule has 54 valence electrons. The normalized spacial score (nSPS) is 13.1. The van der Waals surface area contributed by atoms with E-state index in [2.05, 4.69) is 6.58 Å². The topological polar surface area (TPSA) is 61.3 Å². The van der Waals surface area contributed by atoms with E-state index in [-0.39, 0.29) is 6.04 Å². The van der Waals surface area contributed by atoms with Gasteiger partial charge in [0.1, 0.15) is 0 Å². The number of ether oxygens (including phenoxy) is 1. The van der Waals surface area contributed by atoms with Gasteiger partial charge in [-0.1, -0.05) is 6.58 Å². The Morgan fingerprint density at radius 1 is 1.78 bits per heavy atom. The first-order valence-electron chi connectivity index (χ1n) is 2.89. The van der Waals surface area contributed by atoms with Gasteiger partial charge in [-0.05, 0) is 6.92 Å². The second kappa shape index (κ2) is 4.35. The van der Waals surface area contributed by atoms with Gasteiger partial charge in [0.25, 0.3) is 0 Å². The average Bonchev–Trinajstić information content (AvgIpc) is 1.63. The van der Waals surface area contributed by atoms with E-state index in [1.165, 1.54) is 0 Å². The van der Waals surface area contributed by atoms with Crippen LogP contribution in [0.4, 0.5) is 0 Å². The zero-order chi connectivity index (χ0) is 7.28. The molecule has 3 heteroatoms. The molecule has 0 aromatic carbocycles. The fourth-order valence-electron chi connectivity index (χ4n) is 0.376. The molecule has 0 saturated heterocycles. The first-order chi connectivity index (χ1) is 4.13. The molecular weight excluding hydrogens is 116 g/mol. The van der Waals surface area contributed by atoms with Crippen LogP contribution in [-0.4, -0.2) is 19.3 Å². The van der Waals surface area contributed by atoms with E-state index in [0.29, 0.717) is 18.9 Å². The maximum absolute atomic E-state index is 5.38. The number of hydrogen-bond donors (Lipinski definition) is 2. The van der Waals surface area contributed by atoms with Gasteiger partial charge >= 0.3 is 0 Å². The van der Waals surface area contributed by atoms with E-state index in [9.17, 15) is 0 Å². The fourth-order valence-corrected chi connectivity index (χ4v) is 0.376. The van der Waals surface area contributed by atoms with E-state index in [4.69, 9.17) is 16.2 Å². The Morgan fingerprint density at radius 3 is 2.67 bits per heavy atom. The molecule has 0 spiro atoms. The van der Waals surface area contributed by atoms with Crippen molar-refractivity contribution < 1.29 is 4.74 Å². The Kier molecular flexibility index (Phi) is 4.09. The largest absolute Gasteiger partial charge is 0.401 e.